The van der Waals surface area contributed by atoms with Crippen LogP contribution in [0.25, 0.3) is 0 Å². The van der Waals surface area contributed by atoms with Crippen molar-refractivity contribution in [1.82, 2.24) is 5.32 Å². The van der Waals surface area contributed by atoms with Gasteiger partial charge < -0.3 is 24.6 Å². The van der Waals surface area contributed by atoms with E-state index in [0.29, 0.717) is 19.6 Å². The van der Waals surface area contributed by atoms with Crippen molar-refractivity contribution in [3.8, 4) is 0 Å². The van der Waals surface area contributed by atoms with Gasteiger partial charge in [0.05, 0.1) is 25.4 Å². The zero-order chi connectivity index (χ0) is 17.0. The number of ether oxygens (including phenoxy) is 3. The third-order valence-electron chi connectivity index (χ3n) is 2.57. The van der Waals surface area contributed by atoms with Crippen LogP contribution in [0.3, 0.4) is 0 Å². The molecule has 0 bridgehead atoms. The molecule has 0 saturated carbocycles. The van der Waals surface area contributed by atoms with Crippen molar-refractivity contribution in [3.05, 3.63) is 0 Å². The molecule has 0 radical (unpaired) electrons. The van der Waals surface area contributed by atoms with E-state index >= 15 is 0 Å². The van der Waals surface area contributed by atoms with Crippen molar-refractivity contribution in [3.63, 3.8) is 0 Å². The smallest absolute Gasteiger partial charge is 0.306 e. The van der Waals surface area contributed by atoms with Gasteiger partial charge in [0.2, 0.25) is 5.91 Å². The average molecular weight is 319 g/mol. The number of rotatable bonds is 8. The number of carbonyl (C=O) groups excluding carboxylic acids is 2. The van der Waals surface area contributed by atoms with Crippen LogP contribution in [0.4, 0.5) is 0 Å². The summed E-state index contributed by atoms with van der Waals surface area (Å²) in [4.78, 5) is 21.4. The van der Waals surface area contributed by atoms with Gasteiger partial charge in [-0.2, -0.15) is 0 Å². The van der Waals surface area contributed by atoms with Gasteiger partial charge in [-0.3, -0.25) is 9.59 Å². The number of hydrogen-bond acceptors (Lipinski definition) is 6. The fraction of sp³-hybridized carbons (Fsp3) is 0.867. The number of cyclic esters (lactones) is 1. The summed E-state index contributed by atoms with van der Waals surface area (Å²) in [7, 11) is 0. The SMILES string of the molecule is CC(C)OCC(=O)NCCO.CC(C)OCC1CCC(=O)O1. The molecule has 7 nitrogen and oxygen atoms in total. The second-order valence-corrected chi connectivity index (χ2v) is 5.47. The van der Waals surface area contributed by atoms with Crippen molar-refractivity contribution in [2.24, 2.45) is 0 Å². The molecule has 1 heterocycles. The van der Waals surface area contributed by atoms with Crippen LogP contribution >= 0.6 is 0 Å². The van der Waals surface area contributed by atoms with E-state index in [1.165, 1.54) is 0 Å². The maximum absolute atomic E-state index is 10.8. The quantitative estimate of drug-likeness (QED) is 0.638. The highest BCUT2D eigenvalue weighted by Crippen LogP contribution is 2.14. The lowest BCUT2D eigenvalue weighted by molar-refractivity contribution is -0.144. The molecule has 1 unspecified atom stereocenters. The number of nitrogens with one attached hydrogen (secondary N) is 1. The van der Waals surface area contributed by atoms with Gasteiger partial charge in [-0.1, -0.05) is 0 Å². The Kier molecular flexibility index (Phi) is 11.7. The lowest BCUT2D eigenvalue weighted by Crippen LogP contribution is -2.30. The molecule has 0 aliphatic carbocycles. The molecular formula is C15H29NO6. The summed E-state index contributed by atoms with van der Waals surface area (Å²) in [6.45, 7) is 8.53. The molecular weight excluding hydrogens is 290 g/mol. The molecule has 2 N–H and O–H groups in total. The Morgan fingerprint density at radius 1 is 1.32 bits per heavy atom. The topological polar surface area (TPSA) is 94.1 Å². The Balaban J connectivity index is 0.000000401. The zero-order valence-electron chi connectivity index (χ0n) is 14.0. The molecule has 0 aromatic rings. The molecule has 1 fully saturated rings. The van der Waals surface area contributed by atoms with E-state index in [-0.39, 0.29) is 43.4 Å². The first-order chi connectivity index (χ1) is 10.3. The minimum absolute atomic E-state index is 0.00454. The molecule has 7 heteroatoms. The van der Waals surface area contributed by atoms with Crippen LogP contribution in [0, 0.1) is 0 Å². The third kappa shape index (κ3) is 12.6. The Morgan fingerprint density at radius 2 is 1.95 bits per heavy atom. The average Bonchev–Trinajstić information content (AvgIpc) is 2.87. The van der Waals surface area contributed by atoms with E-state index in [0.717, 1.165) is 6.42 Å². The summed E-state index contributed by atoms with van der Waals surface area (Å²) in [5.41, 5.74) is 0. The Morgan fingerprint density at radius 3 is 2.41 bits per heavy atom. The van der Waals surface area contributed by atoms with Crippen molar-refractivity contribution in [2.45, 2.75) is 58.8 Å². The summed E-state index contributed by atoms with van der Waals surface area (Å²) >= 11 is 0. The van der Waals surface area contributed by atoms with E-state index in [4.69, 9.17) is 19.3 Å². The van der Waals surface area contributed by atoms with Crippen LogP contribution in [0.5, 0.6) is 0 Å². The van der Waals surface area contributed by atoms with E-state index < -0.39 is 0 Å². The molecule has 1 aliphatic heterocycles. The van der Waals surface area contributed by atoms with E-state index in [1.54, 1.807) is 0 Å². The number of hydrogen-bond donors (Lipinski definition) is 2. The summed E-state index contributed by atoms with van der Waals surface area (Å²) in [5, 5.41) is 10.8. The molecule has 1 amide bonds. The van der Waals surface area contributed by atoms with Crippen LogP contribution in [0.2, 0.25) is 0 Å². The van der Waals surface area contributed by atoms with Gasteiger partial charge in [0.1, 0.15) is 12.7 Å². The van der Waals surface area contributed by atoms with Gasteiger partial charge in [0.15, 0.2) is 0 Å². The minimum atomic E-state index is -0.187. The molecule has 22 heavy (non-hydrogen) atoms. The second kappa shape index (κ2) is 12.4. The van der Waals surface area contributed by atoms with E-state index in [9.17, 15) is 9.59 Å². The first-order valence-electron chi connectivity index (χ1n) is 7.65. The van der Waals surface area contributed by atoms with Crippen LogP contribution < -0.4 is 5.32 Å². The first kappa shape index (κ1) is 20.8. The molecule has 0 spiro atoms. The Labute approximate surface area is 132 Å². The number of amides is 1. The van der Waals surface area contributed by atoms with Crippen molar-refractivity contribution >= 4 is 11.9 Å². The summed E-state index contributed by atoms with van der Waals surface area (Å²) in [5.74, 6) is -0.282. The summed E-state index contributed by atoms with van der Waals surface area (Å²) in [6, 6.07) is 0. The lowest BCUT2D eigenvalue weighted by Gasteiger charge is -2.11. The van der Waals surface area contributed by atoms with Gasteiger partial charge in [-0.25, -0.2) is 0 Å². The molecule has 130 valence electrons. The van der Waals surface area contributed by atoms with Gasteiger partial charge >= 0.3 is 5.97 Å². The Hall–Kier alpha value is -1.18. The first-order valence-corrected chi connectivity index (χ1v) is 7.65. The Bertz CT molecular complexity index is 319. The third-order valence-corrected chi connectivity index (χ3v) is 2.57. The number of aliphatic hydroxyl groups excluding tert-OH is 1. The van der Waals surface area contributed by atoms with Crippen LogP contribution in [0.15, 0.2) is 0 Å². The van der Waals surface area contributed by atoms with E-state index in [1.807, 2.05) is 27.7 Å². The molecule has 1 saturated heterocycles. The molecule has 1 rings (SSSR count). The number of esters is 1. The molecule has 0 aromatic heterocycles. The predicted molar refractivity (Wildman–Crippen MR) is 81.4 cm³/mol. The summed E-state index contributed by atoms with van der Waals surface area (Å²) in [6.07, 6.45) is 1.64. The predicted octanol–water partition coefficient (Wildman–Crippen LogP) is 0.637. The van der Waals surface area contributed by atoms with Crippen LogP contribution in [-0.2, 0) is 23.8 Å². The van der Waals surface area contributed by atoms with Crippen LogP contribution in [0.1, 0.15) is 40.5 Å². The maximum Gasteiger partial charge on any atom is 0.306 e. The lowest BCUT2D eigenvalue weighted by atomic mass is 10.2. The molecule has 1 aliphatic rings. The van der Waals surface area contributed by atoms with Gasteiger partial charge in [-0.15, -0.1) is 0 Å². The van der Waals surface area contributed by atoms with Crippen LogP contribution in [-0.4, -0.2) is 61.7 Å². The highest BCUT2D eigenvalue weighted by Gasteiger charge is 2.23. The number of carbonyl (C=O) groups is 2. The highest BCUT2D eigenvalue weighted by molar-refractivity contribution is 5.77. The molecule has 0 aromatic carbocycles. The minimum Gasteiger partial charge on any atom is -0.460 e. The van der Waals surface area contributed by atoms with Gasteiger partial charge in [-0.05, 0) is 34.1 Å². The fourth-order valence-corrected chi connectivity index (χ4v) is 1.49. The van der Waals surface area contributed by atoms with Gasteiger partial charge in [0, 0.05) is 13.0 Å². The summed E-state index contributed by atoms with van der Waals surface area (Å²) < 4.78 is 15.3. The molecule has 1 atom stereocenters. The van der Waals surface area contributed by atoms with Crippen molar-refractivity contribution in [1.29, 1.82) is 0 Å². The fourth-order valence-electron chi connectivity index (χ4n) is 1.49. The highest BCUT2D eigenvalue weighted by atomic mass is 16.6. The van der Waals surface area contributed by atoms with Gasteiger partial charge in [0.25, 0.3) is 0 Å². The largest absolute Gasteiger partial charge is 0.460 e. The van der Waals surface area contributed by atoms with Crippen molar-refractivity contribution in [2.75, 3.05) is 26.4 Å². The van der Waals surface area contributed by atoms with E-state index in [2.05, 4.69) is 5.32 Å². The number of aliphatic hydroxyl groups is 1. The zero-order valence-corrected chi connectivity index (χ0v) is 14.0. The van der Waals surface area contributed by atoms with Crippen molar-refractivity contribution < 1.29 is 28.9 Å². The standard InChI is InChI=1S/C8H14O3.C7H15NO3/c1-6(2)10-5-7-3-4-8(9)11-7;1-6(2)11-5-7(10)8-3-4-9/h6-7H,3-5H2,1-2H3;6,9H,3-5H2,1-2H3,(H,8,10). The monoisotopic (exact) mass is 319 g/mol. The second-order valence-electron chi connectivity index (χ2n) is 5.47. The maximum atomic E-state index is 10.8. The normalized spacial score (nSPS) is 17.2.